The van der Waals surface area contributed by atoms with E-state index in [0.29, 0.717) is 11.3 Å². The van der Waals surface area contributed by atoms with Crippen LogP contribution in [0.2, 0.25) is 0 Å². The molecule has 0 aromatic heterocycles. The van der Waals surface area contributed by atoms with Crippen LogP contribution in [0.25, 0.3) is 0 Å². The number of hydrogen-bond acceptors (Lipinski definition) is 7. The summed E-state index contributed by atoms with van der Waals surface area (Å²) in [6.45, 7) is 6.42. The van der Waals surface area contributed by atoms with Crippen LogP contribution in [0.4, 0.5) is 11.4 Å². The van der Waals surface area contributed by atoms with Gasteiger partial charge < -0.3 is 9.47 Å². The second-order valence-electron chi connectivity index (χ2n) is 6.12. The van der Waals surface area contributed by atoms with Crippen molar-refractivity contribution >= 4 is 27.4 Å². The molecular formula is C20H22N2O7S. The van der Waals surface area contributed by atoms with Crippen LogP contribution in [0.1, 0.15) is 12.5 Å². The molecule has 0 aliphatic rings. The number of sulfonamides is 1. The molecule has 2 rings (SSSR count). The van der Waals surface area contributed by atoms with Gasteiger partial charge in [0.1, 0.15) is 18.9 Å². The van der Waals surface area contributed by atoms with E-state index in [9.17, 15) is 23.3 Å². The summed E-state index contributed by atoms with van der Waals surface area (Å²) in [6, 6.07) is 9.62. The zero-order valence-electron chi connectivity index (χ0n) is 16.6. The van der Waals surface area contributed by atoms with Crippen molar-refractivity contribution in [2.45, 2.75) is 18.7 Å². The van der Waals surface area contributed by atoms with Crippen LogP contribution < -0.4 is 9.04 Å². The number of rotatable bonds is 10. The number of nitro benzene ring substituents is 1. The van der Waals surface area contributed by atoms with Gasteiger partial charge in [0.25, 0.3) is 15.7 Å². The summed E-state index contributed by atoms with van der Waals surface area (Å²) in [7, 11) is -4.30. The smallest absolute Gasteiger partial charge is 0.326 e. The van der Waals surface area contributed by atoms with Crippen LogP contribution in [0.3, 0.4) is 0 Å². The minimum atomic E-state index is -4.30. The van der Waals surface area contributed by atoms with Crippen LogP contribution in [-0.4, -0.2) is 39.1 Å². The second kappa shape index (κ2) is 9.88. The summed E-state index contributed by atoms with van der Waals surface area (Å²) >= 11 is 0. The topological polar surface area (TPSA) is 116 Å². The summed E-state index contributed by atoms with van der Waals surface area (Å²) in [5.74, 6) is -0.271. The van der Waals surface area contributed by atoms with Gasteiger partial charge in [-0.25, -0.2) is 8.42 Å². The molecule has 9 nitrogen and oxygen atoms in total. The van der Waals surface area contributed by atoms with Crippen LogP contribution >= 0.6 is 0 Å². The fourth-order valence-electron chi connectivity index (χ4n) is 2.58. The average molecular weight is 434 g/mol. The summed E-state index contributed by atoms with van der Waals surface area (Å²) < 4.78 is 37.7. The normalized spacial score (nSPS) is 10.9. The highest BCUT2D eigenvalue weighted by atomic mass is 32.2. The molecule has 0 radical (unpaired) electrons. The van der Waals surface area contributed by atoms with E-state index in [0.717, 1.165) is 10.4 Å². The highest BCUT2D eigenvalue weighted by molar-refractivity contribution is 7.92. The van der Waals surface area contributed by atoms with E-state index in [1.807, 2.05) is 0 Å². The molecule has 30 heavy (non-hydrogen) atoms. The zero-order valence-corrected chi connectivity index (χ0v) is 17.4. The second-order valence-corrected chi connectivity index (χ2v) is 7.98. The molecule has 10 heteroatoms. The van der Waals surface area contributed by atoms with Crippen molar-refractivity contribution in [3.63, 3.8) is 0 Å². The summed E-state index contributed by atoms with van der Waals surface area (Å²) in [4.78, 5) is 22.3. The van der Waals surface area contributed by atoms with E-state index in [1.165, 1.54) is 31.2 Å². The molecule has 0 saturated carbocycles. The Morgan fingerprint density at radius 2 is 1.90 bits per heavy atom. The number of esters is 1. The Hall–Kier alpha value is -3.40. The molecule has 0 saturated heterocycles. The predicted octanol–water partition coefficient (Wildman–Crippen LogP) is 3.23. The molecule has 0 amide bonds. The Morgan fingerprint density at radius 3 is 2.47 bits per heavy atom. The van der Waals surface area contributed by atoms with Crippen LogP contribution in [0.5, 0.6) is 5.75 Å². The van der Waals surface area contributed by atoms with Crippen molar-refractivity contribution in [1.29, 1.82) is 0 Å². The molecule has 160 valence electrons. The maximum Gasteiger partial charge on any atom is 0.326 e. The van der Waals surface area contributed by atoms with E-state index in [2.05, 4.69) is 6.58 Å². The van der Waals surface area contributed by atoms with Crippen molar-refractivity contribution in [3.05, 3.63) is 70.8 Å². The fourth-order valence-corrected chi connectivity index (χ4v) is 4.01. The average Bonchev–Trinajstić information content (AvgIpc) is 2.71. The molecule has 0 bridgehead atoms. The highest BCUT2D eigenvalue weighted by Crippen LogP contribution is 2.29. The SMILES string of the molecule is C=CCOc1ccc(N(CC(=O)OCC)S(=O)(=O)c2ccc(C)c([N+](=O)[O-])c2)cc1. The molecule has 0 unspecified atom stereocenters. The van der Waals surface area contributed by atoms with E-state index >= 15 is 0 Å². The van der Waals surface area contributed by atoms with Gasteiger partial charge in [0.2, 0.25) is 0 Å². The Bertz CT molecular complexity index is 1030. The largest absolute Gasteiger partial charge is 0.490 e. The lowest BCUT2D eigenvalue weighted by molar-refractivity contribution is -0.385. The predicted molar refractivity (Wildman–Crippen MR) is 111 cm³/mol. The standard InChI is InChI=1S/C20H22N2O7S/c1-4-12-29-17-9-7-16(8-10-17)21(14-20(23)28-5-2)30(26,27)18-11-6-15(3)19(13-18)22(24)25/h4,6-11,13H,1,5,12,14H2,2-3H3. The van der Waals surface area contributed by atoms with E-state index < -0.39 is 27.5 Å². The van der Waals surface area contributed by atoms with Gasteiger partial charge >= 0.3 is 5.97 Å². The quantitative estimate of drug-likeness (QED) is 0.244. The Kier molecular flexibility index (Phi) is 7.54. The maximum absolute atomic E-state index is 13.3. The van der Waals surface area contributed by atoms with Gasteiger partial charge in [-0.15, -0.1) is 0 Å². The maximum atomic E-state index is 13.3. The van der Waals surface area contributed by atoms with E-state index in [1.54, 1.807) is 25.1 Å². The van der Waals surface area contributed by atoms with Gasteiger partial charge in [-0.3, -0.25) is 19.2 Å². The number of carbonyl (C=O) groups excluding carboxylic acids is 1. The number of hydrogen-bond donors (Lipinski definition) is 0. The summed E-state index contributed by atoms with van der Waals surface area (Å²) in [5, 5.41) is 11.2. The first kappa shape index (κ1) is 22.9. The van der Waals surface area contributed by atoms with Crippen LogP contribution in [0.15, 0.2) is 60.0 Å². The Balaban J connectivity index is 2.50. The number of carbonyl (C=O) groups is 1. The molecular weight excluding hydrogens is 412 g/mol. The molecule has 2 aromatic rings. The number of benzene rings is 2. The lowest BCUT2D eigenvalue weighted by atomic mass is 10.2. The molecule has 0 heterocycles. The number of ether oxygens (including phenoxy) is 2. The molecule has 0 aliphatic carbocycles. The molecule has 0 fully saturated rings. The first-order valence-corrected chi connectivity index (χ1v) is 10.4. The third kappa shape index (κ3) is 5.35. The monoisotopic (exact) mass is 434 g/mol. The number of nitro groups is 1. The molecule has 2 aromatic carbocycles. The van der Waals surface area contributed by atoms with Crippen molar-refractivity contribution in [3.8, 4) is 5.75 Å². The van der Waals surface area contributed by atoms with Crippen molar-refractivity contribution in [2.24, 2.45) is 0 Å². The lowest BCUT2D eigenvalue weighted by Gasteiger charge is -2.24. The minimum Gasteiger partial charge on any atom is -0.490 e. The van der Waals surface area contributed by atoms with E-state index in [4.69, 9.17) is 9.47 Å². The van der Waals surface area contributed by atoms with E-state index in [-0.39, 0.29) is 29.5 Å². The molecule has 0 spiro atoms. The molecule has 0 aliphatic heterocycles. The number of nitrogens with zero attached hydrogens (tertiary/aromatic N) is 2. The van der Waals surface area contributed by atoms with Gasteiger partial charge in [-0.2, -0.15) is 0 Å². The first-order valence-electron chi connectivity index (χ1n) is 8.97. The van der Waals surface area contributed by atoms with Gasteiger partial charge in [0.15, 0.2) is 0 Å². The van der Waals surface area contributed by atoms with Crippen molar-refractivity contribution in [2.75, 3.05) is 24.1 Å². The number of anilines is 1. The zero-order chi connectivity index (χ0) is 22.3. The summed E-state index contributed by atoms with van der Waals surface area (Å²) in [5.41, 5.74) is 0.164. The molecule has 0 atom stereocenters. The third-order valence-electron chi connectivity index (χ3n) is 4.04. The number of aryl methyl sites for hydroxylation is 1. The Labute approximate surface area is 174 Å². The lowest BCUT2D eigenvalue weighted by Crippen LogP contribution is -2.36. The van der Waals surface area contributed by atoms with Gasteiger partial charge in [-0.1, -0.05) is 18.7 Å². The first-order chi connectivity index (χ1) is 14.2. The molecule has 0 N–H and O–H groups in total. The summed E-state index contributed by atoms with van der Waals surface area (Å²) in [6.07, 6.45) is 1.57. The highest BCUT2D eigenvalue weighted by Gasteiger charge is 2.29. The van der Waals surface area contributed by atoms with Crippen LogP contribution in [0, 0.1) is 17.0 Å². The van der Waals surface area contributed by atoms with Gasteiger partial charge in [0.05, 0.1) is 22.1 Å². The van der Waals surface area contributed by atoms with Gasteiger partial charge in [0, 0.05) is 11.6 Å². The fraction of sp³-hybridized carbons (Fsp3) is 0.250. The van der Waals surface area contributed by atoms with Crippen molar-refractivity contribution < 1.29 is 27.6 Å². The van der Waals surface area contributed by atoms with Gasteiger partial charge in [-0.05, 0) is 44.2 Å². The van der Waals surface area contributed by atoms with Crippen molar-refractivity contribution in [1.82, 2.24) is 0 Å². The minimum absolute atomic E-state index is 0.0804. The Morgan fingerprint density at radius 1 is 1.23 bits per heavy atom. The third-order valence-corrected chi connectivity index (χ3v) is 5.81. The van der Waals surface area contributed by atoms with Crippen LogP contribution in [-0.2, 0) is 19.6 Å².